The van der Waals surface area contributed by atoms with E-state index in [2.05, 4.69) is 11.5 Å². The smallest absolute Gasteiger partial charge is 0.458 e. The Labute approximate surface area is 108 Å². The van der Waals surface area contributed by atoms with Crippen LogP contribution in [-0.4, -0.2) is 65.4 Å². The third-order valence-corrected chi connectivity index (χ3v) is 5.35. The highest BCUT2D eigenvalue weighted by Crippen LogP contribution is 2.16. The fourth-order valence-electron chi connectivity index (χ4n) is 1.85. The summed E-state index contributed by atoms with van der Waals surface area (Å²) in [5.74, 6) is -0.432. The number of hydrogen-bond donors (Lipinski definition) is 0. The Morgan fingerprint density at radius 3 is 2.17 bits per heavy atom. The Morgan fingerprint density at radius 1 is 1.22 bits per heavy atom. The molecule has 3 aliphatic heterocycles. The van der Waals surface area contributed by atoms with E-state index < -0.39 is 14.8 Å². The SMILES string of the molecule is C=C(C)C(=O)OC[Si]12OCCN(CCO1)CCO2. The number of esters is 1. The molecule has 7 heteroatoms. The molecule has 2 bridgehead atoms. The summed E-state index contributed by atoms with van der Waals surface area (Å²) >= 11 is 0. The van der Waals surface area contributed by atoms with Gasteiger partial charge in [0.05, 0.1) is 19.8 Å². The van der Waals surface area contributed by atoms with Crippen molar-refractivity contribution >= 4 is 14.8 Å². The molecule has 0 saturated carbocycles. The first-order chi connectivity index (χ1) is 8.61. The Balaban J connectivity index is 1.97. The second-order valence-electron chi connectivity index (χ2n) is 4.43. The van der Waals surface area contributed by atoms with Crippen LogP contribution in [0.25, 0.3) is 0 Å². The fraction of sp³-hybridized carbons (Fsp3) is 0.727. The van der Waals surface area contributed by atoms with Gasteiger partial charge >= 0.3 is 14.8 Å². The van der Waals surface area contributed by atoms with Crippen molar-refractivity contribution in [1.82, 2.24) is 4.90 Å². The standard InChI is InChI=1S/C11H19NO5Si/c1-10(2)11(13)14-9-18-15-6-3-12(4-7-16-18)5-8-17-18/h1,3-9H2,2H3. The summed E-state index contributed by atoms with van der Waals surface area (Å²) in [6.07, 6.45) is 0.0681. The lowest BCUT2D eigenvalue weighted by Crippen LogP contribution is -2.58. The minimum atomic E-state index is -2.85. The molecule has 0 aromatic carbocycles. The van der Waals surface area contributed by atoms with Gasteiger partial charge in [-0.1, -0.05) is 6.58 Å². The molecule has 0 unspecified atom stereocenters. The number of hydrogen-bond acceptors (Lipinski definition) is 6. The summed E-state index contributed by atoms with van der Waals surface area (Å²) in [4.78, 5) is 13.7. The van der Waals surface area contributed by atoms with Crippen LogP contribution in [0.15, 0.2) is 12.2 Å². The highest BCUT2D eigenvalue weighted by molar-refractivity contribution is 6.60. The number of fused-ring (bicyclic) bond motifs is 6. The normalized spacial score (nSPS) is 32.2. The molecule has 3 saturated heterocycles. The highest BCUT2D eigenvalue weighted by atomic mass is 28.4. The van der Waals surface area contributed by atoms with Crippen LogP contribution in [0.3, 0.4) is 0 Å². The molecule has 3 rings (SSSR count). The third kappa shape index (κ3) is 3.39. The molecule has 3 fully saturated rings. The Hall–Kier alpha value is -0.733. The van der Waals surface area contributed by atoms with Crippen molar-refractivity contribution in [1.29, 1.82) is 0 Å². The van der Waals surface area contributed by atoms with E-state index in [9.17, 15) is 4.79 Å². The molecule has 0 aromatic rings. The summed E-state index contributed by atoms with van der Waals surface area (Å²) in [5, 5.41) is 0. The first-order valence-electron chi connectivity index (χ1n) is 6.08. The maximum atomic E-state index is 11.4. The first kappa shape index (κ1) is 13.7. The van der Waals surface area contributed by atoms with E-state index in [0.717, 1.165) is 19.6 Å². The topological polar surface area (TPSA) is 57.2 Å². The minimum absolute atomic E-state index is 0.0681. The Bertz CT molecular complexity index is 309. The summed E-state index contributed by atoms with van der Waals surface area (Å²) in [7, 11) is -2.85. The molecule has 0 aliphatic carbocycles. The van der Waals surface area contributed by atoms with Crippen molar-refractivity contribution < 1.29 is 22.8 Å². The zero-order valence-electron chi connectivity index (χ0n) is 10.6. The lowest BCUT2D eigenvalue weighted by molar-refractivity contribution is -0.139. The number of nitrogens with zero attached hydrogens (tertiary/aromatic N) is 1. The number of ether oxygens (including phenoxy) is 1. The molecule has 3 aliphatic rings. The number of carbonyl (C=O) groups is 1. The van der Waals surface area contributed by atoms with E-state index in [4.69, 9.17) is 18.0 Å². The molecule has 0 radical (unpaired) electrons. The van der Waals surface area contributed by atoms with Crippen LogP contribution in [0.2, 0.25) is 0 Å². The van der Waals surface area contributed by atoms with Gasteiger partial charge in [0.15, 0.2) is 6.23 Å². The zero-order chi connectivity index (χ0) is 13.0. The average molecular weight is 273 g/mol. The molecule has 0 spiro atoms. The van der Waals surface area contributed by atoms with Crippen molar-refractivity contribution in [2.75, 3.05) is 45.7 Å². The number of rotatable bonds is 3. The lowest BCUT2D eigenvalue weighted by Gasteiger charge is -2.37. The van der Waals surface area contributed by atoms with Crippen LogP contribution in [0.1, 0.15) is 6.92 Å². The van der Waals surface area contributed by atoms with Crippen LogP contribution in [0.5, 0.6) is 0 Å². The molecule has 3 heterocycles. The molecule has 0 aromatic heterocycles. The van der Waals surface area contributed by atoms with Crippen molar-refractivity contribution in [2.24, 2.45) is 0 Å². The second kappa shape index (κ2) is 5.94. The van der Waals surface area contributed by atoms with Gasteiger partial charge in [-0.25, -0.2) is 4.79 Å². The molecule has 0 atom stereocenters. The van der Waals surface area contributed by atoms with E-state index in [1.54, 1.807) is 6.92 Å². The molecular formula is C11H19NO5Si. The third-order valence-electron chi connectivity index (χ3n) is 2.92. The quantitative estimate of drug-likeness (QED) is 0.409. The van der Waals surface area contributed by atoms with E-state index in [-0.39, 0.29) is 6.23 Å². The lowest BCUT2D eigenvalue weighted by atomic mass is 10.4. The summed E-state index contributed by atoms with van der Waals surface area (Å²) in [5.41, 5.74) is 0.364. The monoisotopic (exact) mass is 273 g/mol. The molecule has 0 amide bonds. The molecular weight excluding hydrogens is 254 g/mol. The highest BCUT2D eigenvalue weighted by Gasteiger charge is 2.45. The van der Waals surface area contributed by atoms with Crippen LogP contribution in [0.4, 0.5) is 0 Å². The van der Waals surface area contributed by atoms with Gasteiger partial charge in [-0.05, 0) is 6.92 Å². The van der Waals surface area contributed by atoms with Crippen molar-refractivity contribution in [2.45, 2.75) is 6.92 Å². The van der Waals surface area contributed by atoms with Gasteiger partial charge in [0, 0.05) is 25.2 Å². The van der Waals surface area contributed by atoms with Crippen LogP contribution < -0.4 is 0 Å². The fourth-order valence-corrected chi connectivity index (χ4v) is 3.87. The number of carbonyl (C=O) groups excluding carboxylic acids is 1. The van der Waals surface area contributed by atoms with Crippen LogP contribution in [0, 0.1) is 0 Å². The molecule has 18 heavy (non-hydrogen) atoms. The van der Waals surface area contributed by atoms with E-state index in [0.29, 0.717) is 25.4 Å². The van der Waals surface area contributed by atoms with E-state index in [1.165, 1.54) is 0 Å². The van der Waals surface area contributed by atoms with Gasteiger partial charge in [0.1, 0.15) is 0 Å². The summed E-state index contributed by atoms with van der Waals surface area (Å²) in [6, 6.07) is 0. The van der Waals surface area contributed by atoms with Gasteiger partial charge in [-0.2, -0.15) is 0 Å². The van der Waals surface area contributed by atoms with Crippen molar-refractivity contribution in [3.05, 3.63) is 12.2 Å². The molecule has 102 valence electrons. The summed E-state index contributed by atoms with van der Waals surface area (Å²) < 4.78 is 22.3. The largest absolute Gasteiger partial charge is 0.540 e. The predicted octanol–water partition coefficient (Wildman–Crippen LogP) is -0.0372. The van der Waals surface area contributed by atoms with Crippen LogP contribution >= 0.6 is 0 Å². The van der Waals surface area contributed by atoms with E-state index >= 15 is 0 Å². The minimum Gasteiger partial charge on any atom is -0.458 e. The van der Waals surface area contributed by atoms with Crippen molar-refractivity contribution in [3.8, 4) is 0 Å². The maximum Gasteiger partial charge on any atom is 0.540 e. The van der Waals surface area contributed by atoms with Gasteiger partial charge in [0.25, 0.3) is 0 Å². The Kier molecular flexibility index (Phi) is 4.52. The Morgan fingerprint density at radius 2 is 1.72 bits per heavy atom. The van der Waals surface area contributed by atoms with Crippen molar-refractivity contribution in [3.63, 3.8) is 0 Å². The summed E-state index contributed by atoms with van der Waals surface area (Å²) in [6.45, 7) is 9.42. The first-order valence-corrected chi connectivity index (χ1v) is 8.01. The van der Waals surface area contributed by atoms with Gasteiger partial charge < -0.3 is 18.0 Å². The van der Waals surface area contributed by atoms with Gasteiger partial charge in [0.2, 0.25) is 0 Å². The van der Waals surface area contributed by atoms with E-state index in [1.807, 2.05) is 0 Å². The molecule has 6 nitrogen and oxygen atoms in total. The van der Waals surface area contributed by atoms with Crippen LogP contribution in [-0.2, 0) is 22.8 Å². The predicted molar refractivity (Wildman–Crippen MR) is 65.8 cm³/mol. The second-order valence-corrected chi connectivity index (χ2v) is 6.95. The maximum absolute atomic E-state index is 11.4. The molecule has 0 N–H and O–H groups in total. The average Bonchev–Trinajstić information content (AvgIpc) is 2.25. The van der Waals surface area contributed by atoms with Gasteiger partial charge in [-0.3, -0.25) is 4.90 Å². The van der Waals surface area contributed by atoms with Gasteiger partial charge in [-0.15, -0.1) is 0 Å². The zero-order valence-corrected chi connectivity index (χ0v) is 11.6.